The summed E-state index contributed by atoms with van der Waals surface area (Å²) >= 11 is 1.21. The third-order valence-electron chi connectivity index (χ3n) is 6.15. The van der Waals surface area contributed by atoms with Crippen LogP contribution in [0.2, 0.25) is 0 Å². The molecule has 3 aromatic carbocycles. The van der Waals surface area contributed by atoms with E-state index in [1.807, 2.05) is 72.8 Å². The fourth-order valence-corrected chi connectivity index (χ4v) is 4.87. The van der Waals surface area contributed by atoms with Gasteiger partial charge in [-0.2, -0.15) is 0 Å². The van der Waals surface area contributed by atoms with Gasteiger partial charge in [0.25, 0.3) is 11.8 Å². The largest absolute Gasteiger partial charge is 0.347 e. The number of anilines is 1. The summed E-state index contributed by atoms with van der Waals surface area (Å²) in [5, 5.41) is 6.31. The minimum absolute atomic E-state index is 0.186. The van der Waals surface area contributed by atoms with Crippen LogP contribution in [0.3, 0.4) is 0 Å². The van der Waals surface area contributed by atoms with Crippen molar-refractivity contribution >= 4 is 28.3 Å². The van der Waals surface area contributed by atoms with Crippen molar-refractivity contribution in [3.63, 3.8) is 0 Å². The molecular formula is C30H32N4O2S. The van der Waals surface area contributed by atoms with Crippen LogP contribution in [0.1, 0.15) is 56.3 Å². The Kier molecular flexibility index (Phi) is 9.18. The lowest BCUT2D eigenvalue weighted by Crippen LogP contribution is -2.26. The van der Waals surface area contributed by atoms with E-state index < -0.39 is 0 Å². The van der Waals surface area contributed by atoms with E-state index in [4.69, 9.17) is 0 Å². The molecule has 1 aromatic heterocycles. The van der Waals surface area contributed by atoms with Gasteiger partial charge in [0.15, 0.2) is 5.13 Å². The Balaban J connectivity index is 1.46. The van der Waals surface area contributed by atoms with E-state index in [0.29, 0.717) is 34.4 Å². The number of hydrogen-bond acceptors (Lipinski definition) is 5. The standard InChI is InChI=1S/C30H32N4O2S/c1-3-34(4-2)21-26-27(29(36)31-20-24-13-9-6-10-14-24)37-30(32-26)33-28(35)25-17-15-23(16-18-25)19-22-11-7-5-8-12-22/h5-18H,3-4,19-21H2,1-2H3,(H,31,36)(H,32,33,35). The summed E-state index contributed by atoms with van der Waals surface area (Å²) < 4.78 is 0. The van der Waals surface area contributed by atoms with Gasteiger partial charge in [-0.1, -0.05) is 98.0 Å². The summed E-state index contributed by atoms with van der Waals surface area (Å²) in [7, 11) is 0. The molecule has 0 aliphatic heterocycles. The van der Waals surface area contributed by atoms with Gasteiger partial charge in [0.05, 0.1) is 5.69 Å². The molecule has 0 bridgehead atoms. The van der Waals surface area contributed by atoms with Crippen molar-refractivity contribution in [3.05, 3.63) is 118 Å². The van der Waals surface area contributed by atoms with Crippen LogP contribution in [0.25, 0.3) is 0 Å². The molecule has 2 N–H and O–H groups in total. The summed E-state index contributed by atoms with van der Waals surface area (Å²) in [6.45, 7) is 6.82. The van der Waals surface area contributed by atoms with Gasteiger partial charge < -0.3 is 5.32 Å². The maximum absolute atomic E-state index is 13.1. The first-order chi connectivity index (χ1) is 18.1. The van der Waals surface area contributed by atoms with Crippen LogP contribution in [0.4, 0.5) is 5.13 Å². The topological polar surface area (TPSA) is 74.3 Å². The van der Waals surface area contributed by atoms with E-state index in [1.165, 1.54) is 16.9 Å². The summed E-state index contributed by atoms with van der Waals surface area (Å²) in [5.41, 5.74) is 4.60. The predicted molar refractivity (Wildman–Crippen MR) is 150 cm³/mol. The minimum atomic E-state index is -0.245. The molecule has 0 saturated heterocycles. The van der Waals surface area contributed by atoms with Gasteiger partial charge in [0.2, 0.25) is 0 Å². The molecule has 0 unspecified atom stereocenters. The highest BCUT2D eigenvalue weighted by molar-refractivity contribution is 7.17. The number of carbonyl (C=O) groups excluding carboxylic acids is 2. The van der Waals surface area contributed by atoms with E-state index in [9.17, 15) is 9.59 Å². The number of hydrogen-bond donors (Lipinski definition) is 2. The number of aromatic nitrogens is 1. The second kappa shape index (κ2) is 12.9. The fraction of sp³-hybridized carbons (Fsp3) is 0.233. The zero-order valence-electron chi connectivity index (χ0n) is 21.2. The predicted octanol–water partition coefficient (Wildman–Crippen LogP) is 5.76. The van der Waals surface area contributed by atoms with Crippen LogP contribution in [0.5, 0.6) is 0 Å². The van der Waals surface area contributed by atoms with Crippen molar-refractivity contribution < 1.29 is 9.59 Å². The van der Waals surface area contributed by atoms with E-state index >= 15 is 0 Å². The lowest BCUT2D eigenvalue weighted by molar-refractivity contribution is 0.0952. The highest BCUT2D eigenvalue weighted by Crippen LogP contribution is 2.25. The van der Waals surface area contributed by atoms with Gasteiger partial charge in [-0.3, -0.25) is 19.8 Å². The molecule has 0 spiro atoms. The van der Waals surface area contributed by atoms with Crippen LogP contribution in [-0.4, -0.2) is 34.8 Å². The molecular weight excluding hydrogens is 480 g/mol. The zero-order chi connectivity index (χ0) is 26.0. The normalized spacial score (nSPS) is 10.9. The molecule has 0 aliphatic rings. The Morgan fingerprint density at radius 1 is 0.784 bits per heavy atom. The molecule has 0 saturated carbocycles. The first kappa shape index (κ1) is 26.3. The number of carbonyl (C=O) groups is 2. The summed E-state index contributed by atoms with van der Waals surface area (Å²) in [6.07, 6.45) is 0.811. The Hall–Kier alpha value is -3.81. The lowest BCUT2D eigenvalue weighted by Gasteiger charge is -2.17. The number of nitrogens with one attached hydrogen (secondary N) is 2. The first-order valence-corrected chi connectivity index (χ1v) is 13.4. The number of nitrogens with zero attached hydrogens (tertiary/aromatic N) is 2. The highest BCUT2D eigenvalue weighted by atomic mass is 32.1. The van der Waals surface area contributed by atoms with Crippen molar-refractivity contribution in [3.8, 4) is 0 Å². The second-order valence-electron chi connectivity index (χ2n) is 8.74. The molecule has 6 nitrogen and oxygen atoms in total. The molecule has 1 heterocycles. The van der Waals surface area contributed by atoms with Crippen molar-refractivity contribution in [2.75, 3.05) is 18.4 Å². The molecule has 4 aromatic rings. The molecule has 7 heteroatoms. The fourth-order valence-electron chi connectivity index (χ4n) is 3.98. The second-order valence-corrected chi connectivity index (χ2v) is 9.74. The monoisotopic (exact) mass is 512 g/mol. The van der Waals surface area contributed by atoms with Crippen molar-refractivity contribution in [1.29, 1.82) is 0 Å². The number of thiazole rings is 1. The van der Waals surface area contributed by atoms with E-state index in [1.54, 1.807) is 0 Å². The Labute approximate surface area is 222 Å². The smallest absolute Gasteiger partial charge is 0.263 e. The van der Waals surface area contributed by atoms with Gasteiger partial charge >= 0.3 is 0 Å². The first-order valence-electron chi connectivity index (χ1n) is 12.5. The van der Waals surface area contributed by atoms with E-state index in [2.05, 4.69) is 46.5 Å². The summed E-state index contributed by atoms with van der Waals surface area (Å²) in [4.78, 5) is 33.4. The molecule has 2 amide bonds. The lowest BCUT2D eigenvalue weighted by atomic mass is 10.0. The number of benzene rings is 3. The maximum Gasteiger partial charge on any atom is 0.263 e. The van der Waals surface area contributed by atoms with Crippen molar-refractivity contribution in [2.24, 2.45) is 0 Å². The van der Waals surface area contributed by atoms with Gasteiger partial charge in [-0.15, -0.1) is 0 Å². The Morgan fingerprint density at radius 2 is 1.38 bits per heavy atom. The Morgan fingerprint density at radius 3 is 2.00 bits per heavy atom. The van der Waals surface area contributed by atoms with Crippen LogP contribution in [-0.2, 0) is 19.5 Å². The number of rotatable bonds is 11. The van der Waals surface area contributed by atoms with Crippen molar-refractivity contribution in [1.82, 2.24) is 15.2 Å². The van der Waals surface area contributed by atoms with Gasteiger partial charge in [0, 0.05) is 18.7 Å². The number of amides is 2. The van der Waals surface area contributed by atoms with Gasteiger partial charge in [-0.25, -0.2) is 4.98 Å². The maximum atomic E-state index is 13.1. The molecule has 37 heavy (non-hydrogen) atoms. The highest BCUT2D eigenvalue weighted by Gasteiger charge is 2.21. The Bertz CT molecular complexity index is 1300. The average Bonchev–Trinajstić information content (AvgIpc) is 3.33. The van der Waals surface area contributed by atoms with Crippen LogP contribution >= 0.6 is 11.3 Å². The molecule has 0 atom stereocenters. The van der Waals surface area contributed by atoms with E-state index in [0.717, 1.165) is 30.6 Å². The minimum Gasteiger partial charge on any atom is -0.347 e. The van der Waals surface area contributed by atoms with Crippen molar-refractivity contribution in [2.45, 2.75) is 33.4 Å². The molecule has 4 rings (SSSR count). The van der Waals surface area contributed by atoms with Crippen LogP contribution in [0, 0.1) is 0 Å². The molecule has 0 fully saturated rings. The third kappa shape index (κ3) is 7.35. The van der Waals surface area contributed by atoms with Crippen LogP contribution in [0.15, 0.2) is 84.9 Å². The van der Waals surface area contributed by atoms with Crippen LogP contribution < -0.4 is 10.6 Å². The van der Waals surface area contributed by atoms with Gasteiger partial charge in [0.1, 0.15) is 4.88 Å². The summed E-state index contributed by atoms with van der Waals surface area (Å²) in [6, 6.07) is 27.6. The van der Waals surface area contributed by atoms with Gasteiger partial charge in [-0.05, 0) is 48.3 Å². The average molecular weight is 513 g/mol. The SMILES string of the molecule is CCN(CC)Cc1nc(NC(=O)c2ccc(Cc3ccccc3)cc2)sc1C(=O)NCc1ccccc1. The molecule has 0 radical (unpaired) electrons. The molecule has 0 aliphatic carbocycles. The van der Waals surface area contributed by atoms with E-state index in [-0.39, 0.29) is 11.8 Å². The quantitative estimate of drug-likeness (QED) is 0.268. The zero-order valence-corrected chi connectivity index (χ0v) is 22.1. The summed E-state index contributed by atoms with van der Waals surface area (Å²) in [5.74, 6) is -0.431. The third-order valence-corrected chi connectivity index (χ3v) is 7.17. The molecule has 190 valence electrons.